The number of nitrogen functional groups attached to an aromatic ring is 1. The molecule has 35 heavy (non-hydrogen) atoms. The Balaban J connectivity index is 1.67. The van der Waals surface area contributed by atoms with Gasteiger partial charge in [-0.1, -0.05) is 53.5 Å². The van der Waals surface area contributed by atoms with Crippen molar-refractivity contribution in [1.82, 2.24) is 21.3 Å². The first-order valence-corrected chi connectivity index (χ1v) is 11.7. The summed E-state index contributed by atoms with van der Waals surface area (Å²) >= 11 is 12.0. The first-order chi connectivity index (χ1) is 16.5. The number of hydrogen-bond donors (Lipinski definition) is 6. The van der Waals surface area contributed by atoms with E-state index in [1.54, 1.807) is 12.1 Å². The number of carbonyl (C=O) groups is 3. The number of aliphatic hydroxyl groups is 1. The number of nitrogens with one attached hydrogen (secondary N) is 4. The molecule has 1 atom stereocenters. The van der Waals surface area contributed by atoms with Gasteiger partial charge in [-0.2, -0.15) is 0 Å². The van der Waals surface area contributed by atoms with E-state index >= 15 is 0 Å². The van der Waals surface area contributed by atoms with Crippen LogP contribution in [-0.4, -0.2) is 54.5 Å². The summed E-state index contributed by atoms with van der Waals surface area (Å²) in [6.45, 7) is 3.68. The predicted molar refractivity (Wildman–Crippen MR) is 137 cm³/mol. The van der Waals surface area contributed by atoms with Gasteiger partial charge in [0.25, 0.3) is 0 Å². The molecule has 2 aromatic rings. The first-order valence-electron chi connectivity index (χ1n) is 11.0. The molecule has 2 rings (SSSR count). The van der Waals surface area contributed by atoms with Crippen LogP contribution in [0, 0.1) is 0 Å². The zero-order chi connectivity index (χ0) is 26.0. The van der Waals surface area contributed by atoms with Crippen molar-refractivity contribution in [2.75, 3.05) is 31.9 Å². The molecule has 0 saturated carbocycles. The summed E-state index contributed by atoms with van der Waals surface area (Å²) < 4.78 is 0. The highest BCUT2D eigenvalue weighted by molar-refractivity contribution is 6.38. The van der Waals surface area contributed by atoms with Crippen LogP contribution in [0.25, 0.3) is 0 Å². The third kappa shape index (κ3) is 10.1. The zero-order valence-electron chi connectivity index (χ0n) is 19.7. The SMILES string of the molecule is CC(C)(CNC(=O)CNC(=O)CNC(=O)Cc1ccccc1)NCC(O)c1cc(Cl)c(N)c(Cl)c1. The standard InChI is InChI=1S/C24H31Cl2N5O4/c1-24(2,31-11-19(32)16-9-17(25)23(27)18(26)10-16)14-30-22(35)13-29-21(34)12-28-20(33)8-15-6-4-3-5-7-15/h3-7,9-10,19,31-32H,8,11-14,27H2,1-2H3,(H,28,33)(H,29,34)(H,30,35). The van der Waals surface area contributed by atoms with Crippen molar-refractivity contribution >= 4 is 46.6 Å². The van der Waals surface area contributed by atoms with Crippen molar-refractivity contribution in [1.29, 1.82) is 0 Å². The van der Waals surface area contributed by atoms with Crippen LogP contribution in [0.4, 0.5) is 5.69 Å². The summed E-state index contributed by atoms with van der Waals surface area (Å²) in [5.74, 6) is -1.14. The second-order valence-corrected chi connectivity index (χ2v) is 9.49. The van der Waals surface area contributed by atoms with Crippen LogP contribution in [-0.2, 0) is 20.8 Å². The summed E-state index contributed by atoms with van der Waals surface area (Å²) in [6.07, 6.45) is -0.721. The second kappa shape index (κ2) is 13.3. The summed E-state index contributed by atoms with van der Waals surface area (Å²) in [4.78, 5) is 35.9. The van der Waals surface area contributed by atoms with E-state index in [-0.39, 0.29) is 60.1 Å². The third-order valence-corrected chi connectivity index (χ3v) is 5.71. The smallest absolute Gasteiger partial charge is 0.239 e. The molecule has 0 saturated heterocycles. The van der Waals surface area contributed by atoms with E-state index in [0.29, 0.717) is 5.56 Å². The molecule has 3 amide bonds. The van der Waals surface area contributed by atoms with Gasteiger partial charge >= 0.3 is 0 Å². The van der Waals surface area contributed by atoms with Crippen LogP contribution in [0.15, 0.2) is 42.5 Å². The molecule has 1 unspecified atom stereocenters. The number of benzene rings is 2. The minimum absolute atomic E-state index is 0.170. The molecule has 7 N–H and O–H groups in total. The van der Waals surface area contributed by atoms with Gasteiger partial charge in [0.2, 0.25) is 17.7 Å². The summed E-state index contributed by atoms with van der Waals surface area (Å²) in [5.41, 5.74) is 6.76. The molecule has 0 radical (unpaired) electrons. The lowest BCUT2D eigenvalue weighted by Crippen LogP contribution is -2.51. The topological polar surface area (TPSA) is 146 Å². The fraction of sp³-hybridized carbons (Fsp3) is 0.375. The summed E-state index contributed by atoms with van der Waals surface area (Å²) in [6, 6.07) is 12.3. The van der Waals surface area contributed by atoms with Crippen molar-refractivity contribution in [2.45, 2.75) is 31.9 Å². The Hall–Kier alpha value is -2.85. The number of amides is 3. The van der Waals surface area contributed by atoms with E-state index in [1.807, 2.05) is 44.2 Å². The molecule has 0 bridgehead atoms. The Bertz CT molecular complexity index is 1010. The zero-order valence-corrected chi connectivity index (χ0v) is 21.2. The highest BCUT2D eigenvalue weighted by Gasteiger charge is 2.21. The Labute approximate surface area is 214 Å². The lowest BCUT2D eigenvalue weighted by Gasteiger charge is -2.28. The molecule has 2 aromatic carbocycles. The van der Waals surface area contributed by atoms with E-state index in [9.17, 15) is 19.5 Å². The minimum atomic E-state index is -0.892. The number of hydrogen-bond acceptors (Lipinski definition) is 6. The molecule has 0 heterocycles. The highest BCUT2D eigenvalue weighted by atomic mass is 35.5. The Morgan fingerprint density at radius 2 is 1.49 bits per heavy atom. The van der Waals surface area contributed by atoms with Crippen molar-refractivity contribution in [3.8, 4) is 0 Å². The molecule has 0 aromatic heterocycles. The Morgan fingerprint density at radius 3 is 2.09 bits per heavy atom. The maximum absolute atomic E-state index is 12.1. The Morgan fingerprint density at radius 1 is 0.943 bits per heavy atom. The number of rotatable bonds is 12. The average molecular weight is 524 g/mol. The number of aliphatic hydroxyl groups excluding tert-OH is 1. The maximum Gasteiger partial charge on any atom is 0.239 e. The number of nitrogens with two attached hydrogens (primary N) is 1. The predicted octanol–water partition coefficient (Wildman–Crippen LogP) is 1.57. The molecule has 190 valence electrons. The molecule has 11 heteroatoms. The lowest BCUT2D eigenvalue weighted by molar-refractivity contribution is -0.127. The fourth-order valence-corrected chi connectivity index (χ4v) is 3.50. The van der Waals surface area contributed by atoms with E-state index in [4.69, 9.17) is 28.9 Å². The molecular formula is C24H31Cl2N5O4. The van der Waals surface area contributed by atoms with Gasteiger partial charge in [0, 0.05) is 18.6 Å². The van der Waals surface area contributed by atoms with Crippen molar-refractivity contribution in [2.24, 2.45) is 0 Å². The van der Waals surface area contributed by atoms with Crippen molar-refractivity contribution in [3.05, 3.63) is 63.6 Å². The van der Waals surface area contributed by atoms with Gasteiger partial charge in [-0.3, -0.25) is 14.4 Å². The molecule has 0 fully saturated rings. The second-order valence-electron chi connectivity index (χ2n) is 8.67. The van der Waals surface area contributed by atoms with Gasteiger partial charge in [0.05, 0.1) is 41.3 Å². The molecule has 0 spiro atoms. The van der Waals surface area contributed by atoms with Gasteiger partial charge in [-0.25, -0.2) is 0 Å². The van der Waals surface area contributed by atoms with Crippen LogP contribution < -0.4 is 27.0 Å². The van der Waals surface area contributed by atoms with E-state index in [2.05, 4.69) is 21.3 Å². The summed E-state index contributed by atoms with van der Waals surface area (Å²) in [7, 11) is 0. The van der Waals surface area contributed by atoms with Gasteiger partial charge in [-0.05, 0) is 37.1 Å². The maximum atomic E-state index is 12.1. The quantitative estimate of drug-likeness (QED) is 0.233. The largest absolute Gasteiger partial charge is 0.396 e. The molecule has 0 aliphatic carbocycles. The van der Waals surface area contributed by atoms with Gasteiger partial charge in [0.15, 0.2) is 0 Å². The fourth-order valence-electron chi connectivity index (χ4n) is 3.00. The number of halogens is 2. The van der Waals surface area contributed by atoms with Gasteiger partial charge in [-0.15, -0.1) is 0 Å². The van der Waals surface area contributed by atoms with Crippen molar-refractivity contribution in [3.63, 3.8) is 0 Å². The van der Waals surface area contributed by atoms with Crippen LogP contribution in [0.1, 0.15) is 31.1 Å². The van der Waals surface area contributed by atoms with Crippen LogP contribution in [0.2, 0.25) is 10.0 Å². The molecule has 0 aliphatic heterocycles. The van der Waals surface area contributed by atoms with E-state index < -0.39 is 17.6 Å². The lowest BCUT2D eigenvalue weighted by atomic mass is 10.0. The van der Waals surface area contributed by atoms with Crippen molar-refractivity contribution < 1.29 is 19.5 Å². The van der Waals surface area contributed by atoms with E-state index in [1.165, 1.54) is 0 Å². The van der Waals surface area contributed by atoms with Gasteiger partial charge < -0.3 is 32.1 Å². The van der Waals surface area contributed by atoms with Crippen LogP contribution in [0.5, 0.6) is 0 Å². The third-order valence-electron chi connectivity index (χ3n) is 5.09. The van der Waals surface area contributed by atoms with Crippen LogP contribution in [0.3, 0.4) is 0 Å². The monoisotopic (exact) mass is 523 g/mol. The molecule has 0 aliphatic rings. The first kappa shape index (κ1) is 28.4. The number of anilines is 1. The Kier molecular flexibility index (Phi) is 10.8. The number of carbonyl (C=O) groups excluding carboxylic acids is 3. The minimum Gasteiger partial charge on any atom is -0.396 e. The summed E-state index contributed by atoms with van der Waals surface area (Å²) in [5, 5.41) is 21.8. The van der Waals surface area contributed by atoms with Gasteiger partial charge in [0.1, 0.15) is 0 Å². The normalized spacial score (nSPS) is 12.0. The van der Waals surface area contributed by atoms with Crippen LogP contribution >= 0.6 is 23.2 Å². The average Bonchev–Trinajstić information content (AvgIpc) is 2.82. The van der Waals surface area contributed by atoms with E-state index in [0.717, 1.165) is 5.56 Å². The molecule has 9 nitrogen and oxygen atoms in total. The highest BCUT2D eigenvalue weighted by Crippen LogP contribution is 2.31. The molecular weight excluding hydrogens is 493 g/mol. The number of β-amino-alcohol motifs (C(OH)–C–C–N with tert-alkyl or cyclic N) is 1.